The fourth-order valence-electron chi connectivity index (χ4n) is 4.27. The molecule has 6 nitrogen and oxygen atoms in total. The fourth-order valence-corrected chi connectivity index (χ4v) is 4.65. The largest absolute Gasteiger partial charge is 0.294 e. The van der Waals surface area contributed by atoms with E-state index in [-0.39, 0.29) is 23.8 Å². The van der Waals surface area contributed by atoms with Gasteiger partial charge >= 0.3 is 0 Å². The Labute approximate surface area is 180 Å². The average molecular weight is 473 g/mol. The number of allylic oxidation sites excluding steroid dienone is 2. The Balaban J connectivity index is 1.92. The summed E-state index contributed by atoms with van der Waals surface area (Å²) in [7, 11) is 0. The van der Waals surface area contributed by atoms with Gasteiger partial charge in [-0.2, -0.15) is 0 Å². The zero-order valence-electron chi connectivity index (χ0n) is 16.2. The van der Waals surface area contributed by atoms with Crippen LogP contribution in [0.15, 0.2) is 52.1 Å². The normalized spacial score (nSPS) is 19.2. The lowest BCUT2D eigenvalue weighted by atomic mass is 9.77. The molecule has 2 aromatic rings. The summed E-state index contributed by atoms with van der Waals surface area (Å²) in [6.07, 6.45) is 1.30. The van der Waals surface area contributed by atoms with E-state index in [1.165, 1.54) is 23.1 Å². The van der Waals surface area contributed by atoms with E-state index in [2.05, 4.69) is 15.9 Å². The van der Waals surface area contributed by atoms with E-state index < -0.39 is 16.7 Å². The quantitative estimate of drug-likeness (QED) is 0.446. The number of carbonyl (C=O) groups excluding carboxylic acids is 2. The van der Waals surface area contributed by atoms with Crippen molar-refractivity contribution < 1.29 is 18.9 Å². The van der Waals surface area contributed by atoms with E-state index in [1.54, 1.807) is 25.1 Å². The lowest BCUT2D eigenvalue weighted by molar-refractivity contribution is -0.384. The van der Waals surface area contributed by atoms with E-state index >= 15 is 0 Å². The Morgan fingerprint density at radius 2 is 1.93 bits per heavy atom. The van der Waals surface area contributed by atoms with Crippen LogP contribution >= 0.6 is 15.9 Å². The highest BCUT2D eigenvalue weighted by atomic mass is 79.9. The minimum atomic E-state index is -0.673. The van der Waals surface area contributed by atoms with Crippen LogP contribution in [-0.2, 0) is 9.59 Å². The van der Waals surface area contributed by atoms with Crippen LogP contribution in [0.2, 0.25) is 0 Å². The number of Topliss-reactive ketones (excluding diaryl/α,β-unsaturated/α-hetero) is 1. The number of non-ortho nitro benzene ring substituents is 1. The third-order valence-electron chi connectivity index (χ3n) is 5.65. The number of nitrogens with zero attached hydrogens (tertiary/aromatic N) is 2. The maximum Gasteiger partial charge on any atom is 0.271 e. The number of nitro groups is 1. The van der Waals surface area contributed by atoms with Crippen LogP contribution in [0.4, 0.5) is 15.8 Å². The molecule has 1 amide bonds. The second-order valence-corrected chi connectivity index (χ2v) is 8.43. The smallest absolute Gasteiger partial charge is 0.271 e. The van der Waals surface area contributed by atoms with E-state index in [4.69, 9.17) is 0 Å². The third-order valence-corrected chi connectivity index (χ3v) is 6.15. The SMILES string of the molecule is Cc1ccc([N+](=O)[O-])cc1N1C(=O)CC(c2cc(Br)ccc2F)C2=C1CCCC2=O. The summed E-state index contributed by atoms with van der Waals surface area (Å²) in [4.78, 5) is 38.3. The Hall–Kier alpha value is -2.87. The molecule has 8 heteroatoms. The van der Waals surface area contributed by atoms with Gasteiger partial charge in [0.15, 0.2) is 5.78 Å². The molecule has 0 N–H and O–H groups in total. The summed E-state index contributed by atoms with van der Waals surface area (Å²) < 4.78 is 15.3. The number of benzene rings is 2. The van der Waals surface area contributed by atoms with Crippen LogP contribution < -0.4 is 4.90 Å². The van der Waals surface area contributed by atoms with Crippen LogP contribution in [0.3, 0.4) is 0 Å². The number of halogens is 2. The minimum Gasteiger partial charge on any atom is -0.294 e. The summed E-state index contributed by atoms with van der Waals surface area (Å²) in [5, 5.41) is 11.3. The first-order valence-electron chi connectivity index (χ1n) is 9.57. The second-order valence-electron chi connectivity index (χ2n) is 7.52. The van der Waals surface area contributed by atoms with Crippen LogP contribution in [0.5, 0.6) is 0 Å². The molecule has 1 aliphatic heterocycles. The van der Waals surface area contributed by atoms with Crippen molar-refractivity contribution in [1.82, 2.24) is 0 Å². The lowest BCUT2D eigenvalue weighted by Crippen LogP contribution is -2.41. The lowest BCUT2D eigenvalue weighted by Gasteiger charge is -2.38. The number of ketones is 1. The van der Waals surface area contributed by atoms with Gasteiger partial charge in [0, 0.05) is 46.6 Å². The van der Waals surface area contributed by atoms with E-state index in [0.717, 1.165) is 0 Å². The van der Waals surface area contributed by atoms with Crippen LogP contribution in [0, 0.1) is 22.9 Å². The highest BCUT2D eigenvalue weighted by molar-refractivity contribution is 9.10. The van der Waals surface area contributed by atoms with Gasteiger partial charge in [0.25, 0.3) is 5.69 Å². The third kappa shape index (κ3) is 3.45. The first-order chi connectivity index (χ1) is 14.3. The maximum atomic E-state index is 14.6. The molecule has 1 aliphatic carbocycles. The predicted molar refractivity (Wildman–Crippen MR) is 113 cm³/mol. The molecule has 0 saturated carbocycles. The zero-order valence-corrected chi connectivity index (χ0v) is 17.7. The number of rotatable bonds is 3. The van der Waals surface area contributed by atoms with Gasteiger partial charge in [-0.3, -0.25) is 24.6 Å². The summed E-state index contributed by atoms with van der Waals surface area (Å²) in [6, 6.07) is 8.82. The topological polar surface area (TPSA) is 80.5 Å². The number of nitro benzene ring substituents is 1. The number of hydrogen-bond donors (Lipinski definition) is 0. The number of anilines is 1. The monoisotopic (exact) mass is 472 g/mol. The zero-order chi connectivity index (χ0) is 21.6. The van der Waals surface area contributed by atoms with E-state index in [9.17, 15) is 24.1 Å². The summed E-state index contributed by atoms with van der Waals surface area (Å²) >= 11 is 3.33. The number of amides is 1. The first-order valence-corrected chi connectivity index (χ1v) is 10.4. The van der Waals surface area contributed by atoms with Crippen molar-refractivity contribution in [2.45, 2.75) is 38.5 Å². The first kappa shape index (κ1) is 20.4. The highest BCUT2D eigenvalue weighted by Gasteiger charge is 2.41. The number of carbonyl (C=O) groups is 2. The molecule has 0 bridgehead atoms. The molecule has 2 aromatic carbocycles. The van der Waals surface area contributed by atoms with E-state index in [1.807, 2.05) is 0 Å². The van der Waals surface area contributed by atoms with Gasteiger partial charge in [0.2, 0.25) is 5.91 Å². The molecular weight excluding hydrogens is 455 g/mol. The number of hydrogen-bond acceptors (Lipinski definition) is 4. The molecule has 0 aromatic heterocycles. The predicted octanol–water partition coefficient (Wildman–Crippen LogP) is 5.33. The Bertz CT molecular complexity index is 1130. The molecular formula is C22H18BrFN2O4. The molecule has 1 atom stereocenters. The second kappa shape index (κ2) is 7.75. The standard InChI is InChI=1S/C22H18BrFN2O4/c1-12-5-7-14(26(29)30)10-19(12)25-18-3-2-4-20(27)22(18)16(11-21(25)28)15-9-13(23)6-8-17(15)24/h5-10,16H,2-4,11H2,1H3. The Kier molecular flexibility index (Phi) is 5.27. The van der Waals surface area contributed by atoms with E-state index in [0.29, 0.717) is 51.8 Å². The van der Waals surface area contributed by atoms with Crippen molar-refractivity contribution in [1.29, 1.82) is 0 Å². The molecule has 30 heavy (non-hydrogen) atoms. The summed E-state index contributed by atoms with van der Waals surface area (Å²) in [6.45, 7) is 1.76. The molecule has 2 aliphatic rings. The van der Waals surface area contributed by atoms with Gasteiger partial charge in [0.1, 0.15) is 5.82 Å². The Morgan fingerprint density at radius 3 is 2.67 bits per heavy atom. The molecule has 154 valence electrons. The highest BCUT2D eigenvalue weighted by Crippen LogP contribution is 2.45. The summed E-state index contributed by atoms with van der Waals surface area (Å²) in [5.74, 6) is -1.56. The minimum absolute atomic E-state index is 0.0833. The maximum absolute atomic E-state index is 14.6. The van der Waals surface area contributed by atoms with Gasteiger partial charge in [-0.05, 0) is 49.1 Å². The average Bonchev–Trinajstić information content (AvgIpc) is 2.70. The van der Waals surface area contributed by atoms with Gasteiger partial charge in [-0.15, -0.1) is 0 Å². The van der Waals surface area contributed by atoms with Crippen molar-refractivity contribution in [2.24, 2.45) is 0 Å². The molecule has 0 saturated heterocycles. The van der Waals surface area contributed by atoms with Crippen molar-refractivity contribution in [3.63, 3.8) is 0 Å². The summed E-state index contributed by atoms with van der Waals surface area (Å²) in [5.41, 5.74) is 2.21. The molecule has 4 rings (SSSR count). The van der Waals surface area contributed by atoms with Crippen molar-refractivity contribution in [2.75, 3.05) is 4.90 Å². The fraction of sp³-hybridized carbons (Fsp3) is 0.273. The van der Waals surface area contributed by atoms with Gasteiger partial charge in [-0.1, -0.05) is 22.0 Å². The van der Waals surface area contributed by atoms with Gasteiger partial charge in [0.05, 0.1) is 10.6 Å². The molecule has 1 unspecified atom stereocenters. The van der Waals surface area contributed by atoms with Crippen LogP contribution in [0.25, 0.3) is 0 Å². The van der Waals surface area contributed by atoms with Crippen LogP contribution in [0.1, 0.15) is 42.7 Å². The molecule has 0 radical (unpaired) electrons. The van der Waals surface area contributed by atoms with Crippen molar-refractivity contribution in [3.8, 4) is 0 Å². The van der Waals surface area contributed by atoms with Crippen molar-refractivity contribution >= 4 is 39.0 Å². The van der Waals surface area contributed by atoms with Crippen LogP contribution in [-0.4, -0.2) is 16.6 Å². The van der Waals surface area contributed by atoms with Crippen molar-refractivity contribution in [3.05, 3.63) is 79.2 Å². The molecule has 0 spiro atoms. The molecule has 0 fully saturated rings. The number of aryl methyl sites for hydroxylation is 1. The van der Waals surface area contributed by atoms with Gasteiger partial charge in [-0.25, -0.2) is 4.39 Å². The Morgan fingerprint density at radius 1 is 1.17 bits per heavy atom. The molecule has 1 heterocycles. The van der Waals surface area contributed by atoms with Gasteiger partial charge < -0.3 is 0 Å².